The monoisotopic (exact) mass is 305 g/mol. The molecule has 0 aromatic heterocycles. The Bertz CT molecular complexity index is 446. The number of aliphatic hydroxyl groups excluding tert-OH is 1. The summed E-state index contributed by atoms with van der Waals surface area (Å²) in [6, 6.07) is 6.96. The van der Waals surface area contributed by atoms with Crippen LogP contribution in [0, 0.1) is 0 Å². The van der Waals surface area contributed by atoms with E-state index in [1.165, 1.54) is 0 Å². The topological polar surface area (TPSA) is 49.8 Å². The van der Waals surface area contributed by atoms with Crippen LogP contribution in [0.4, 0.5) is 13.2 Å². The van der Waals surface area contributed by atoms with Crippen LogP contribution >= 0.6 is 0 Å². The number of carbonyl (C=O) groups is 1. The van der Waals surface area contributed by atoms with Crippen LogP contribution in [0.15, 0.2) is 24.3 Å². The number of carbonyl (C=O) groups excluding carboxylic acids is 1. The Hall–Kier alpha value is -1.76. The lowest BCUT2D eigenvalue weighted by Crippen LogP contribution is -2.42. The molecule has 1 aromatic carbocycles. The van der Waals surface area contributed by atoms with E-state index in [0.29, 0.717) is 10.6 Å². The fourth-order valence-electron chi connectivity index (χ4n) is 1.69. The maximum absolute atomic E-state index is 12.3. The highest BCUT2D eigenvalue weighted by molar-refractivity contribution is 5.77. The number of ether oxygens (including phenoxy) is 1. The van der Waals surface area contributed by atoms with E-state index in [2.05, 4.69) is 0 Å². The Labute approximate surface area is 121 Å². The van der Waals surface area contributed by atoms with Crippen molar-refractivity contribution in [1.29, 1.82) is 0 Å². The van der Waals surface area contributed by atoms with E-state index in [9.17, 15) is 18.0 Å². The van der Waals surface area contributed by atoms with E-state index < -0.39 is 31.8 Å². The van der Waals surface area contributed by atoms with Gasteiger partial charge >= 0.3 is 6.18 Å². The second-order valence-electron chi connectivity index (χ2n) is 4.44. The van der Waals surface area contributed by atoms with Gasteiger partial charge in [-0.1, -0.05) is 19.1 Å². The molecular formula is C14H18F3NO3. The van der Waals surface area contributed by atoms with Crippen molar-refractivity contribution in [1.82, 2.24) is 4.90 Å². The van der Waals surface area contributed by atoms with E-state index in [-0.39, 0.29) is 6.54 Å². The number of aliphatic hydroxyl groups is 1. The zero-order valence-electron chi connectivity index (χ0n) is 11.7. The Morgan fingerprint density at radius 1 is 1.29 bits per heavy atom. The Morgan fingerprint density at radius 3 is 2.38 bits per heavy atom. The van der Waals surface area contributed by atoms with Crippen molar-refractivity contribution < 1.29 is 27.8 Å². The first-order valence-electron chi connectivity index (χ1n) is 6.53. The fraction of sp³-hybridized carbons (Fsp3) is 0.500. The number of halogens is 3. The summed E-state index contributed by atoms with van der Waals surface area (Å²) >= 11 is 0. The predicted octanol–water partition coefficient (Wildman–Crippen LogP) is 2.01. The fourth-order valence-corrected chi connectivity index (χ4v) is 1.69. The van der Waals surface area contributed by atoms with Crippen molar-refractivity contribution in [3.8, 4) is 5.75 Å². The second kappa shape index (κ2) is 7.87. The van der Waals surface area contributed by atoms with Crippen LogP contribution in [0.5, 0.6) is 5.75 Å². The average molecular weight is 305 g/mol. The zero-order valence-corrected chi connectivity index (χ0v) is 11.7. The molecule has 1 amide bonds. The molecule has 0 aliphatic heterocycles. The summed E-state index contributed by atoms with van der Waals surface area (Å²) in [4.78, 5) is 12.2. The summed E-state index contributed by atoms with van der Waals surface area (Å²) in [5, 5.41) is 8.72. The molecule has 1 N–H and O–H groups in total. The van der Waals surface area contributed by atoms with Gasteiger partial charge in [0.25, 0.3) is 5.91 Å². The lowest BCUT2D eigenvalue weighted by Gasteiger charge is -2.23. The van der Waals surface area contributed by atoms with Gasteiger partial charge in [-0.2, -0.15) is 13.2 Å². The van der Waals surface area contributed by atoms with Gasteiger partial charge in [-0.3, -0.25) is 4.79 Å². The van der Waals surface area contributed by atoms with Crippen LogP contribution < -0.4 is 4.74 Å². The van der Waals surface area contributed by atoms with Gasteiger partial charge in [-0.25, -0.2) is 0 Å². The Balaban J connectivity index is 2.55. The minimum Gasteiger partial charge on any atom is -0.484 e. The van der Waals surface area contributed by atoms with Crippen molar-refractivity contribution in [2.45, 2.75) is 19.5 Å². The molecule has 0 heterocycles. The number of nitrogens with zero attached hydrogens (tertiary/aromatic N) is 1. The molecule has 0 aliphatic carbocycles. The average Bonchev–Trinajstić information content (AvgIpc) is 2.43. The number of alkyl halides is 3. The second-order valence-corrected chi connectivity index (χ2v) is 4.44. The van der Waals surface area contributed by atoms with Gasteiger partial charge in [-0.15, -0.1) is 0 Å². The van der Waals surface area contributed by atoms with E-state index in [1.54, 1.807) is 12.1 Å². The molecule has 118 valence electrons. The highest BCUT2D eigenvalue weighted by Gasteiger charge is 2.32. The van der Waals surface area contributed by atoms with Gasteiger partial charge in [0.15, 0.2) is 6.61 Å². The Kier molecular flexibility index (Phi) is 6.48. The summed E-state index contributed by atoms with van der Waals surface area (Å²) in [5.41, 5.74) is 1.09. The molecule has 0 saturated carbocycles. The summed E-state index contributed by atoms with van der Waals surface area (Å²) in [6.07, 6.45) is -3.65. The third-order valence-electron chi connectivity index (χ3n) is 2.79. The van der Waals surface area contributed by atoms with Crippen LogP contribution in [0.3, 0.4) is 0 Å². The first kappa shape index (κ1) is 17.3. The van der Waals surface area contributed by atoms with Gasteiger partial charge in [0, 0.05) is 6.54 Å². The SMILES string of the molecule is CCc1ccc(OCC(=O)N(CCO)CC(F)(F)F)cc1. The maximum Gasteiger partial charge on any atom is 0.406 e. The van der Waals surface area contributed by atoms with Crippen LogP contribution in [0.25, 0.3) is 0 Å². The first-order chi connectivity index (χ1) is 9.85. The molecule has 0 atom stereocenters. The largest absolute Gasteiger partial charge is 0.484 e. The smallest absolute Gasteiger partial charge is 0.406 e. The number of rotatable bonds is 7. The maximum atomic E-state index is 12.3. The van der Waals surface area contributed by atoms with E-state index in [4.69, 9.17) is 9.84 Å². The number of benzene rings is 1. The summed E-state index contributed by atoms with van der Waals surface area (Å²) in [7, 11) is 0. The van der Waals surface area contributed by atoms with Crippen molar-refractivity contribution in [2.75, 3.05) is 26.3 Å². The van der Waals surface area contributed by atoms with Gasteiger partial charge in [0.1, 0.15) is 12.3 Å². The highest BCUT2D eigenvalue weighted by Crippen LogP contribution is 2.17. The highest BCUT2D eigenvalue weighted by atomic mass is 19.4. The number of hydrogen-bond donors (Lipinski definition) is 1. The third-order valence-corrected chi connectivity index (χ3v) is 2.79. The molecule has 0 saturated heterocycles. The van der Waals surface area contributed by atoms with E-state index >= 15 is 0 Å². The van der Waals surface area contributed by atoms with Crippen molar-refractivity contribution in [3.63, 3.8) is 0 Å². The van der Waals surface area contributed by atoms with E-state index in [0.717, 1.165) is 12.0 Å². The van der Waals surface area contributed by atoms with Gasteiger partial charge in [-0.05, 0) is 24.1 Å². The predicted molar refractivity (Wildman–Crippen MR) is 71.0 cm³/mol. The normalized spacial score (nSPS) is 11.3. The quantitative estimate of drug-likeness (QED) is 0.838. The first-order valence-corrected chi connectivity index (χ1v) is 6.53. The zero-order chi connectivity index (χ0) is 15.9. The van der Waals surface area contributed by atoms with Crippen LogP contribution in [-0.4, -0.2) is 48.4 Å². The molecule has 0 radical (unpaired) electrons. The molecule has 0 unspecified atom stereocenters. The molecule has 0 spiro atoms. The van der Waals surface area contributed by atoms with Crippen molar-refractivity contribution >= 4 is 5.91 Å². The third kappa shape index (κ3) is 6.48. The number of hydrogen-bond acceptors (Lipinski definition) is 3. The molecule has 4 nitrogen and oxygen atoms in total. The molecule has 7 heteroatoms. The molecule has 21 heavy (non-hydrogen) atoms. The molecule has 0 bridgehead atoms. The molecule has 1 rings (SSSR count). The summed E-state index contributed by atoms with van der Waals surface area (Å²) in [6.45, 7) is -0.821. The van der Waals surface area contributed by atoms with Crippen LogP contribution in [0.1, 0.15) is 12.5 Å². The van der Waals surface area contributed by atoms with E-state index in [1.807, 2.05) is 19.1 Å². The summed E-state index contributed by atoms with van der Waals surface area (Å²) in [5.74, 6) is -0.405. The molecular weight excluding hydrogens is 287 g/mol. The van der Waals surface area contributed by atoms with Gasteiger partial charge in [0.05, 0.1) is 6.61 Å². The lowest BCUT2D eigenvalue weighted by molar-refractivity contribution is -0.163. The molecule has 0 aliphatic rings. The number of aryl methyl sites for hydroxylation is 1. The number of amides is 1. The van der Waals surface area contributed by atoms with Gasteiger partial charge < -0.3 is 14.7 Å². The van der Waals surface area contributed by atoms with Gasteiger partial charge in [0.2, 0.25) is 0 Å². The molecule has 1 aromatic rings. The summed E-state index contributed by atoms with van der Waals surface area (Å²) < 4.78 is 42.1. The minimum absolute atomic E-state index is 0.378. The lowest BCUT2D eigenvalue weighted by atomic mass is 10.2. The minimum atomic E-state index is -4.51. The molecule has 0 fully saturated rings. The standard InChI is InChI=1S/C14H18F3NO3/c1-2-11-3-5-12(6-4-11)21-9-13(20)18(7-8-19)10-14(15,16)17/h3-6,19H,2,7-10H2,1H3. The Morgan fingerprint density at radius 2 is 1.90 bits per heavy atom. The van der Waals surface area contributed by atoms with Crippen molar-refractivity contribution in [3.05, 3.63) is 29.8 Å². The van der Waals surface area contributed by atoms with Crippen LogP contribution in [0.2, 0.25) is 0 Å². The van der Waals surface area contributed by atoms with Crippen LogP contribution in [-0.2, 0) is 11.2 Å². The van der Waals surface area contributed by atoms with Crippen molar-refractivity contribution in [2.24, 2.45) is 0 Å².